The van der Waals surface area contributed by atoms with E-state index in [0.717, 1.165) is 82.5 Å². The highest BCUT2D eigenvalue weighted by molar-refractivity contribution is 7.25. The van der Waals surface area contributed by atoms with Crippen LogP contribution in [0.3, 0.4) is 0 Å². The topological polar surface area (TPSA) is 65.0 Å². The van der Waals surface area contributed by atoms with Gasteiger partial charge in [0.2, 0.25) is 0 Å². The predicted molar refractivity (Wildman–Crippen MR) is 227 cm³/mol. The minimum atomic E-state index is 0.540. The Bertz CT molecular complexity index is 3520. The number of furan rings is 2. The Morgan fingerprint density at radius 2 is 1.00 bits per heavy atom. The summed E-state index contributed by atoms with van der Waals surface area (Å²) in [5, 5.41) is 8.86. The molecule has 8 aromatic carbocycles. The van der Waals surface area contributed by atoms with E-state index in [1.807, 2.05) is 53.8 Å². The van der Waals surface area contributed by atoms with Crippen LogP contribution in [0.5, 0.6) is 0 Å². The summed E-state index contributed by atoms with van der Waals surface area (Å²) < 4.78 is 15.8. The Labute approximate surface area is 317 Å². The van der Waals surface area contributed by atoms with Crippen molar-refractivity contribution in [2.45, 2.75) is 0 Å². The van der Waals surface area contributed by atoms with E-state index in [2.05, 4.69) is 121 Å². The molecule has 12 aromatic rings. The van der Waals surface area contributed by atoms with Crippen LogP contribution in [-0.2, 0) is 0 Å². The monoisotopic (exact) mass is 721 g/mol. The lowest BCUT2D eigenvalue weighted by molar-refractivity contribution is 0.669. The normalized spacial score (nSPS) is 12.0. The third kappa shape index (κ3) is 4.68. The van der Waals surface area contributed by atoms with Crippen LogP contribution in [0.4, 0.5) is 0 Å². The van der Waals surface area contributed by atoms with Gasteiger partial charge in [0.1, 0.15) is 22.3 Å². The van der Waals surface area contributed by atoms with Crippen LogP contribution in [0, 0.1) is 0 Å². The second-order valence-electron chi connectivity index (χ2n) is 13.9. The van der Waals surface area contributed by atoms with Crippen molar-refractivity contribution in [2.75, 3.05) is 0 Å². The fraction of sp³-hybridized carbons (Fsp3) is 0. The zero-order chi connectivity index (χ0) is 36.0. The number of aromatic nitrogens is 3. The Kier molecular flexibility index (Phi) is 6.44. The third-order valence-corrected chi connectivity index (χ3v) is 11.9. The molecule has 0 aliphatic rings. The molecule has 0 N–H and O–H groups in total. The largest absolute Gasteiger partial charge is 0.455 e. The van der Waals surface area contributed by atoms with Crippen LogP contribution in [0.1, 0.15) is 0 Å². The van der Waals surface area contributed by atoms with E-state index in [0.29, 0.717) is 17.5 Å². The Balaban J connectivity index is 1.12. The maximum Gasteiger partial charge on any atom is 0.167 e. The number of hydrogen-bond acceptors (Lipinski definition) is 6. The molecule has 0 amide bonds. The highest BCUT2D eigenvalue weighted by Gasteiger charge is 2.22. The molecule has 4 aromatic heterocycles. The van der Waals surface area contributed by atoms with Gasteiger partial charge in [0.15, 0.2) is 17.5 Å². The van der Waals surface area contributed by atoms with E-state index in [-0.39, 0.29) is 0 Å². The van der Waals surface area contributed by atoms with Crippen molar-refractivity contribution in [3.63, 3.8) is 0 Å². The molecule has 4 heterocycles. The zero-order valence-corrected chi connectivity index (χ0v) is 30.0. The second-order valence-corrected chi connectivity index (χ2v) is 15.0. The van der Waals surface area contributed by atoms with Gasteiger partial charge in [0, 0.05) is 58.4 Å². The molecule has 0 radical (unpaired) electrons. The smallest absolute Gasteiger partial charge is 0.167 e. The van der Waals surface area contributed by atoms with E-state index in [1.54, 1.807) is 0 Å². The van der Waals surface area contributed by atoms with Crippen LogP contribution in [0.25, 0.3) is 120 Å². The summed E-state index contributed by atoms with van der Waals surface area (Å²) in [6.07, 6.45) is 0. The molecule has 0 aliphatic carbocycles. The average Bonchev–Trinajstić information content (AvgIpc) is 3.94. The van der Waals surface area contributed by atoms with Crippen molar-refractivity contribution >= 4 is 86.2 Å². The molecule has 0 spiro atoms. The molecule has 0 unspecified atom stereocenters. The summed E-state index contributed by atoms with van der Waals surface area (Å²) in [5.41, 5.74) is 7.88. The summed E-state index contributed by atoms with van der Waals surface area (Å²) in [7, 11) is 0. The van der Waals surface area contributed by atoms with Gasteiger partial charge in [0.05, 0.1) is 5.56 Å². The first-order valence-electron chi connectivity index (χ1n) is 18.3. The van der Waals surface area contributed by atoms with Crippen LogP contribution in [-0.4, -0.2) is 15.0 Å². The lowest BCUT2D eigenvalue weighted by Crippen LogP contribution is -2.01. The maximum absolute atomic E-state index is 6.76. The number of para-hydroxylation sites is 3. The van der Waals surface area contributed by atoms with Gasteiger partial charge in [-0.15, -0.1) is 11.3 Å². The number of fused-ring (bicyclic) bond motifs is 10. The molecule has 0 atom stereocenters. The van der Waals surface area contributed by atoms with Crippen molar-refractivity contribution in [1.29, 1.82) is 0 Å². The minimum absolute atomic E-state index is 0.540. The number of rotatable bonds is 4. The summed E-state index contributed by atoms with van der Waals surface area (Å²) in [4.78, 5) is 15.7. The van der Waals surface area contributed by atoms with Crippen molar-refractivity contribution in [1.82, 2.24) is 15.0 Å². The van der Waals surface area contributed by atoms with E-state index < -0.39 is 0 Å². The highest BCUT2D eigenvalue weighted by atomic mass is 32.1. The second kappa shape index (κ2) is 11.7. The molecule has 5 nitrogen and oxygen atoms in total. The summed E-state index contributed by atoms with van der Waals surface area (Å²) in [6.45, 7) is 0. The quantitative estimate of drug-likeness (QED) is 0.181. The third-order valence-electron chi connectivity index (χ3n) is 10.7. The van der Waals surface area contributed by atoms with E-state index in [4.69, 9.17) is 23.8 Å². The molecule has 0 saturated carbocycles. The molecule has 0 fully saturated rings. The molecule has 0 saturated heterocycles. The van der Waals surface area contributed by atoms with Gasteiger partial charge >= 0.3 is 0 Å². The van der Waals surface area contributed by atoms with Crippen molar-refractivity contribution in [3.8, 4) is 45.3 Å². The first kappa shape index (κ1) is 30.3. The Morgan fingerprint density at radius 3 is 1.89 bits per heavy atom. The summed E-state index contributed by atoms with van der Waals surface area (Å²) in [5.74, 6) is 1.68. The molecule has 0 aliphatic heterocycles. The number of nitrogens with zero attached hydrogens (tertiary/aromatic N) is 3. The molecule has 256 valence electrons. The molecule has 0 bridgehead atoms. The number of benzene rings is 8. The van der Waals surface area contributed by atoms with Gasteiger partial charge in [-0.05, 0) is 64.9 Å². The van der Waals surface area contributed by atoms with E-state index in [9.17, 15) is 0 Å². The Hall–Kier alpha value is -7.15. The molecular weight excluding hydrogens is 695 g/mol. The highest BCUT2D eigenvalue weighted by Crippen LogP contribution is 2.44. The number of hydrogen-bond donors (Lipinski definition) is 0. The lowest BCUT2D eigenvalue weighted by Gasteiger charge is -2.11. The van der Waals surface area contributed by atoms with Crippen LogP contribution in [0.2, 0.25) is 0 Å². The predicted octanol–water partition coefficient (Wildman–Crippen LogP) is 13.9. The van der Waals surface area contributed by atoms with Crippen LogP contribution < -0.4 is 0 Å². The van der Waals surface area contributed by atoms with E-state index >= 15 is 0 Å². The zero-order valence-electron chi connectivity index (χ0n) is 29.2. The van der Waals surface area contributed by atoms with Crippen molar-refractivity contribution in [2.24, 2.45) is 0 Å². The standard InChI is InChI=1S/C49H27N3O2S/c1-2-11-29-26-31(21-20-28(29)10-1)47-50-48(52-49(51-47)39-16-9-15-36-33-12-3-6-17-40(33)53-45(36)39)38-25-24-32(46-44(38)37-14-4-7-18-41(37)54-46)30-22-23-35-34-13-5-8-19-42(34)55-43(35)27-30/h1-27H. The summed E-state index contributed by atoms with van der Waals surface area (Å²) in [6, 6.07) is 56.8. The van der Waals surface area contributed by atoms with Gasteiger partial charge in [-0.3, -0.25) is 0 Å². The fourth-order valence-electron chi connectivity index (χ4n) is 8.13. The van der Waals surface area contributed by atoms with Crippen molar-refractivity contribution < 1.29 is 8.83 Å². The maximum atomic E-state index is 6.76. The van der Waals surface area contributed by atoms with Gasteiger partial charge in [-0.25, -0.2) is 15.0 Å². The van der Waals surface area contributed by atoms with Crippen LogP contribution >= 0.6 is 11.3 Å². The first-order chi connectivity index (χ1) is 27.2. The fourth-order valence-corrected chi connectivity index (χ4v) is 9.28. The van der Waals surface area contributed by atoms with Gasteiger partial charge in [0.25, 0.3) is 0 Å². The van der Waals surface area contributed by atoms with Gasteiger partial charge < -0.3 is 8.83 Å². The molecular formula is C49H27N3O2S. The molecule has 6 heteroatoms. The molecule has 55 heavy (non-hydrogen) atoms. The number of thiophene rings is 1. The minimum Gasteiger partial charge on any atom is -0.455 e. The van der Waals surface area contributed by atoms with Crippen LogP contribution in [0.15, 0.2) is 173 Å². The molecule has 12 rings (SSSR count). The summed E-state index contributed by atoms with van der Waals surface area (Å²) >= 11 is 1.82. The average molecular weight is 722 g/mol. The first-order valence-corrected chi connectivity index (χ1v) is 19.1. The van der Waals surface area contributed by atoms with Gasteiger partial charge in [-0.2, -0.15) is 0 Å². The SMILES string of the molecule is c1ccc2cc(-c3nc(-c4cccc5c4oc4ccccc45)nc(-c4ccc(-c5ccc6c(c5)sc5ccccc56)c5oc6ccccc6c45)n3)ccc2c1. The van der Waals surface area contributed by atoms with Crippen molar-refractivity contribution in [3.05, 3.63) is 164 Å². The lowest BCUT2D eigenvalue weighted by atomic mass is 9.97. The van der Waals surface area contributed by atoms with E-state index in [1.165, 1.54) is 20.2 Å². The van der Waals surface area contributed by atoms with Gasteiger partial charge in [-0.1, -0.05) is 115 Å². The Morgan fingerprint density at radius 1 is 0.364 bits per heavy atom.